The van der Waals surface area contributed by atoms with E-state index in [1.807, 2.05) is 60.1 Å². The van der Waals surface area contributed by atoms with E-state index in [2.05, 4.69) is 59.2 Å². The Balaban J connectivity index is 1.72. The number of nitrogens with zero attached hydrogens (tertiary/aromatic N) is 5. The molecule has 9 nitrogen and oxygen atoms in total. The number of fused-ring (bicyclic) bond motifs is 1. The molecule has 9 heteroatoms. The fourth-order valence-corrected chi connectivity index (χ4v) is 4.95. The third kappa shape index (κ3) is 5.42. The Hall–Kier alpha value is -4.24. The second kappa shape index (κ2) is 11.1. The molecular weight excluding hydrogens is 504 g/mol. The predicted octanol–water partition coefficient (Wildman–Crippen LogP) is 5.67. The van der Waals surface area contributed by atoms with E-state index >= 15 is 0 Å². The molecule has 0 radical (unpaired) electrons. The van der Waals surface area contributed by atoms with Gasteiger partial charge in [-0.25, -0.2) is 4.68 Å². The summed E-state index contributed by atoms with van der Waals surface area (Å²) in [6.45, 7) is 11.4. The molecule has 5 aromatic rings. The van der Waals surface area contributed by atoms with Gasteiger partial charge in [0.05, 0.1) is 25.5 Å². The van der Waals surface area contributed by atoms with Crippen molar-refractivity contribution in [1.82, 2.24) is 30.1 Å². The van der Waals surface area contributed by atoms with E-state index in [-0.39, 0.29) is 11.1 Å². The number of H-pyrrole nitrogens is 1. The molecule has 0 amide bonds. The van der Waals surface area contributed by atoms with Gasteiger partial charge in [-0.3, -0.25) is 9.69 Å². The molecule has 0 saturated carbocycles. The van der Waals surface area contributed by atoms with Crippen LogP contribution in [0.15, 0.2) is 70.1 Å². The molecular formula is C31H36N6O3. The zero-order chi connectivity index (χ0) is 28.4. The minimum Gasteiger partial charge on any atom is -0.497 e. The van der Waals surface area contributed by atoms with E-state index in [0.29, 0.717) is 24.5 Å². The van der Waals surface area contributed by atoms with Crippen LogP contribution in [0, 0.1) is 13.8 Å². The van der Waals surface area contributed by atoms with Gasteiger partial charge in [0.25, 0.3) is 5.56 Å². The van der Waals surface area contributed by atoms with Gasteiger partial charge in [-0.15, -0.1) is 5.10 Å². The number of hydrogen-bond acceptors (Lipinski definition) is 7. The lowest BCUT2D eigenvalue weighted by Crippen LogP contribution is -2.38. The number of methoxy groups -OCH3 is 1. The Bertz CT molecular complexity index is 1650. The number of furan rings is 1. The predicted molar refractivity (Wildman–Crippen MR) is 154 cm³/mol. The summed E-state index contributed by atoms with van der Waals surface area (Å²) in [6.07, 6.45) is 2.47. The van der Waals surface area contributed by atoms with Crippen molar-refractivity contribution in [3.63, 3.8) is 0 Å². The van der Waals surface area contributed by atoms with Crippen LogP contribution in [0.5, 0.6) is 5.75 Å². The number of tetrazole rings is 1. The van der Waals surface area contributed by atoms with Gasteiger partial charge in [-0.1, -0.05) is 19.1 Å². The Morgan fingerprint density at radius 3 is 2.50 bits per heavy atom. The number of nitrogens with one attached hydrogen (secondary N) is 1. The molecule has 208 valence electrons. The number of pyridine rings is 1. The maximum absolute atomic E-state index is 13.8. The first-order valence-corrected chi connectivity index (χ1v) is 13.5. The van der Waals surface area contributed by atoms with Crippen molar-refractivity contribution >= 4 is 10.9 Å². The fourth-order valence-electron chi connectivity index (χ4n) is 4.95. The van der Waals surface area contributed by atoms with Gasteiger partial charge in [0.15, 0.2) is 5.82 Å². The van der Waals surface area contributed by atoms with Crippen molar-refractivity contribution in [3.05, 3.63) is 105 Å². The molecule has 3 aromatic heterocycles. The van der Waals surface area contributed by atoms with Gasteiger partial charge in [-0.2, -0.15) is 0 Å². The lowest BCUT2D eigenvalue weighted by Gasteiger charge is -2.33. The Labute approximate surface area is 233 Å². The molecule has 1 N–H and O–H groups in total. The molecule has 40 heavy (non-hydrogen) atoms. The second-order valence-corrected chi connectivity index (χ2v) is 10.9. The summed E-state index contributed by atoms with van der Waals surface area (Å²) in [6, 6.07) is 17.3. The van der Waals surface area contributed by atoms with E-state index in [4.69, 9.17) is 9.15 Å². The highest BCUT2D eigenvalue weighted by Gasteiger charge is 2.35. The molecule has 3 heterocycles. The van der Waals surface area contributed by atoms with Crippen LogP contribution >= 0.6 is 0 Å². The van der Waals surface area contributed by atoms with Crippen LogP contribution in [0.2, 0.25) is 0 Å². The molecule has 5 rings (SSSR count). The van der Waals surface area contributed by atoms with Crippen LogP contribution in [0.25, 0.3) is 10.9 Å². The third-order valence-corrected chi connectivity index (χ3v) is 7.81. The normalized spacial score (nSPS) is 12.8. The van der Waals surface area contributed by atoms with Crippen molar-refractivity contribution < 1.29 is 9.15 Å². The lowest BCUT2D eigenvalue weighted by molar-refractivity contribution is 0.168. The average molecular weight is 541 g/mol. The third-order valence-electron chi connectivity index (χ3n) is 7.81. The molecule has 0 spiro atoms. The van der Waals surface area contributed by atoms with E-state index in [1.54, 1.807) is 13.4 Å². The summed E-state index contributed by atoms with van der Waals surface area (Å²) in [7, 11) is 1.65. The smallest absolute Gasteiger partial charge is 0.253 e. The van der Waals surface area contributed by atoms with E-state index in [0.717, 1.165) is 45.5 Å². The number of rotatable bonds is 10. The van der Waals surface area contributed by atoms with Crippen molar-refractivity contribution in [2.24, 2.45) is 0 Å². The van der Waals surface area contributed by atoms with Crippen LogP contribution in [0.4, 0.5) is 0 Å². The summed E-state index contributed by atoms with van der Waals surface area (Å²) in [4.78, 5) is 19.2. The summed E-state index contributed by atoms with van der Waals surface area (Å²) in [5, 5.41) is 14.0. The Kier molecular flexibility index (Phi) is 7.58. The standard InChI is InChI=1S/C31H36N6O3/c1-7-31(4,5)37-29(33-34-35-37)28(26-17-23-15-20(2)21(3)16-27(23)32-30(26)38)36(19-25-9-8-14-40-25)18-22-10-12-24(39-6)13-11-22/h8-17,28H,7,18-19H2,1-6H3,(H,32,38)/t28-/m1/s1. The van der Waals surface area contributed by atoms with Crippen LogP contribution in [0.3, 0.4) is 0 Å². The van der Waals surface area contributed by atoms with Crippen LogP contribution in [0.1, 0.15) is 67.1 Å². The van der Waals surface area contributed by atoms with Gasteiger partial charge >= 0.3 is 0 Å². The molecule has 0 unspecified atom stereocenters. The van der Waals surface area contributed by atoms with Gasteiger partial charge < -0.3 is 14.1 Å². The molecule has 1 atom stereocenters. The summed E-state index contributed by atoms with van der Waals surface area (Å²) >= 11 is 0. The highest BCUT2D eigenvalue weighted by Crippen LogP contribution is 2.33. The highest BCUT2D eigenvalue weighted by atomic mass is 16.5. The SMILES string of the molecule is CCC(C)(C)n1nnnc1[C@@H](c1cc2cc(C)c(C)cc2[nH]c1=O)N(Cc1ccc(OC)cc1)Cc1ccco1. The molecule has 0 fully saturated rings. The first-order valence-electron chi connectivity index (χ1n) is 13.5. The second-order valence-electron chi connectivity index (χ2n) is 10.9. The van der Waals surface area contributed by atoms with Gasteiger partial charge in [0.2, 0.25) is 0 Å². The molecule has 0 bridgehead atoms. The number of aromatic nitrogens is 5. The first-order chi connectivity index (χ1) is 19.2. The quantitative estimate of drug-likeness (QED) is 0.243. The highest BCUT2D eigenvalue weighted by molar-refractivity contribution is 5.81. The van der Waals surface area contributed by atoms with Crippen molar-refractivity contribution in [1.29, 1.82) is 0 Å². The average Bonchev–Trinajstić information content (AvgIpc) is 3.64. The zero-order valence-electron chi connectivity index (χ0n) is 23.9. The number of aryl methyl sites for hydroxylation is 2. The number of ether oxygens (including phenoxy) is 1. The lowest BCUT2D eigenvalue weighted by atomic mass is 9.98. The van der Waals surface area contributed by atoms with Gasteiger partial charge in [0.1, 0.15) is 17.6 Å². The Morgan fingerprint density at radius 1 is 1.07 bits per heavy atom. The summed E-state index contributed by atoms with van der Waals surface area (Å²) in [5.74, 6) is 2.15. The molecule has 2 aromatic carbocycles. The van der Waals surface area contributed by atoms with Gasteiger partial charge in [0, 0.05) is 17.6 Å². The molecule has 0 aliphatic carbocycles. The topological polar surface area (TPSA) is 102 Å². The number of aromatic amines is 1. The Morgan fingerprint density at radius 2 is 1.82 bits per heavy atom. The molecule has 0 aliphatic rings. The first kappa shape index (κ1) is 27.3. The number of hydrogen-bond donors (Lipinski definition) is 1. The largest absolute Gasteiger partial charge is 0.497 e. The maximum Gasteiger partial charge on any atom is 0.253 e. The zero-order valence-corrected chi connectivity index (χ0v) is 23.9. The van der Waals surface area contributed by atoms with E-state index in [9.17, 15) is 4.79 Å². The summed E-state index contributed by atoms with van der Waals surface area (Å²) in [5.41, 5.74) is 4.16. The van der Waals surface area contributed by atoms with Crippen LogP contribution in [-0.4, -0.2) is 37.2 Å². The van der Waals surface area contributed by atoms with E-state index in [1.165, 1.54) is 0 Å². The fraction of sp³-hybridized carbons (Fsp3) is 0.355. The van der Waals surface area contributed by atoms with Crippen LogP contribution in [-0.2, 0) is 18.6 Å². The number of benzene rings is 2. The maximum atomic E-state index is 13.8. The van der Waals surface area contributed by atoms with Crippen molar-refractivity contribution in [3.8, 4) is 5.75 Å². The monoisotopic (exact) mass is 540 g/mol. The molecule has 0 aliphatic heterocycles. The van der Waals surface area contributed by atoms with Crippen molar-refractivity contribution in [2.75, 3.05) is 7.11 Å². The van der Waals surface area contributed by atoms with Crippen molar-refractivity contribution in [2.45, 2.75) is 65.7 Å². The van der Waals surface area contributed by atoms with Gasteiger partial charge in [-0.05, 0) is 109 Å². The minimum absolute atomic E-state index is 0.177. The van der Waals surface area contributed by atoms with Crippen LogP contribution < -0.4 is 10.3 Å². The minimum atomic E-state index is -0.567. The molecule has 0 saturated heterocycles. The van der Waals surface area contributed by atoms with E-state index < -0.39 is 6.04 Å². The summed E-state index contributed by atoms with van der Waals surface area (Å²) < 4.78 is 13.0.